The number of halogens is 1. The molecule has 0 fully saturated rings. The minimum atomic E-state index is -0.105. The Bertz CT molecular complexity index is 388. The molecule has 0 heterocycles. The van der Waals surface area contributed by atoms with Crippen molar-refractivity contribution >= 4 is 21.9 Å². The fourth-order valence-electron chi connectivity index (χ4n) is 1.80. The van der Waals surface area contributed by atoms with E-state index in [-0.39, 0.29) is 11.9 Å². The number of carbonyl (C=O) groups excluding carboxylic acids is 1. The second-order valence-electron chi connectivity index (χ2n) is 4.91. The molecule has 18 heavy (non-hydrogen) atoms. The summed E-state index contributed by atoms with van der Waals surface area (Å²) in [5, 5.41) is 0. The molecule has 1 aromatic carbocycles. The molecule has 0 N–H and O–H groups in total. The molecular formula is C15H21BrO2. The van der Waals surface area contributed by atoms with E-state index in [0.29, 0.717) is 18.9 Å². The summed E-state index contributed by atoms with van der Waals surface area (Å²) in [6.07, 6.45) is 1.38. The highest BCUT2D eigenvalue weighted by atomic mass is 79.9. The van der Waals surface area contributed by atoms with Gasteiger partial charge in [-0.25, -0.2) is 0 Å². The molecule has 0 bridgehead atoms. The average molecular weight is 313 g/mol. The quantitative estimate of drug-likeness (QED) is 0.721. The van der Waals surface area contributed by atoms with Crippen molar-refractivity contribution in [3.63, 3.8) is 0 Å². The van der Waals surface area contributed by atoms with E-state index in [0.717, 1.165) is 10.9 Å². The van der Waals surface area contributed by atoms with Crippen LogP contribution in [0.5, 0.6) is 0 Å². The normalized spacial score (nSPS) is 12.5. The minimum absolute atomic E-state index is 0.105. The van der Waals surface area contributed by atoms with Gasteiger partial charge >= 0.3 is 5.97 Å². The highest BCUT2D eigenvalue weighted by molar-refractivity contribution is 9.10. The Morgan fingerprint density at radius 2 is 2.00 bits per heavy atom. The number of carbonyl (C=O) groups is 1. The summed E-state index contributed by atoms with van der Waals surface area (Å²) in [7, 11) is 0. The summed E-state index contributed by atoms with van der Waals surface area (Å²) in [5.74, 6) is 0.504. The number of hydrogen-bond acceptors (Lipinski definition) is 2. The topological polar surface area (TPSA) is 26.3 Å². The third-order valence-corrected chi connectivity index (χ3v) is 3.55. The van der Waals surface area contributed by atoms with Gasteiger partial charge in [-0.05, 0) is 29.9 Å². The second kappa shape index (κ2) is 7.57. The summed E-state index contributed by atoms with van der Waals surface area (Å²) >= 11 is 3.54. The maximum atomic E-state index is 11.8. The fourth-order valence-corrected chi connectivity index (χ4v) is 2.41. The van der Waals surface area contributed by atoms with Gasteiger partial charge in [-0.3, -0.25) is 4.79 Å². The molecule has 0 saturated carbocycles. The highest BCUT2D eigenvalue weighted by Crippen LogP contribution is 2.30. The van der Waals surface area contributed by atoms with Gasteiger partial charge in [0.15, 0.2) is 0 Å². The van der Waals surface area contributed by atoms with E-state index in [1.807, 2.05) is 32.0 Å². The predicted molar refractivity (Wildman–Crippen MR) is 77.6 cm³/mol. The first kappa shape index (κ1) is 15.2. The molecule has 0 aliphatic carbocycles. The molecule has 1 atom stereocenters. The van der Waals surface area contributed by atoms with Gasteiger partial charge < -0.3 is 4.74 Å². The third-order valence-electron chi connectivity index (χ3n) is 2.83. The molecule has 0 aliphatic heterocycles. The van der Waals surface area contributed by atoms with Crippen LogP contribution in [0.25, 0.3) is 0 Å². The highest BCUT2D eigenvalue weighted by Gasteiger charge is 2.17. The first-order valence-electron chi connectivity index (χ1n) is 6.44. The van der Waals surface area contributed by atoms with Crippen LogP contribution < -0.4 is 0 Å². The molecular weight excluding hydrogens is 292 g/mol. The smallest absolute Gasteiger partial charge is 0.306 e. The van der Waals surface area contributed by atoms with Crippen molar-refractivity contribution < 1.29 is 9.53 Å². The van der Waals surface area contributed by atoms with Crippen molar-refractivity contribution in [1.82, 2.24) is 0 Å². The Kier molecular flexibility index (Phi) is 6.41. The van der Waals surface area contributed by atoms with E-state index < -0.39 is 0 Å². The first-order valence-corrected chi connectivity index (χ1v) is 7.24. The summed E-state index contributed by atoms with van der Waals surface area (Å²) in [6, 6.07) is 8.06. The van der Waals surface area contributed by atoms with Crippen LogP contribution in [0, 0.1) is 5.92 Å². The molecule has 0 saturated heterocycles. The maximum Gasteiger partial charge on any atom is 0.306 e. The van der Waals surface area contributed by atoms with E-state index in [1.54, 1.807) is 0 Å². The molecule has 1 rings (SSSR count). The van der Waals surface area contributed by atoms with Gasteiger partial charge in [0, 0.05) is 4.47 Å². The Balaban J connectivity index is 2.62. The number of benzene rings is 1. The summed E-state index contributed by atoms with van der Waals surface area (Å²) in [5.41, 5.74) is 1.18. The lowest BCUT2D eigenvalue weighted by atomic mass is 9.93. The van der Waals surface area contributed by atoms with Crippen molar-refractivity contribution in [1.29, 1.82) is 0 Å². The van der Waals surface area contributed by atoms with Crippen LogP contribution in [-0.2, 0) is 9.53 Å². The van der Waals surface area contributed by atoms with Crippen LogP contribution in [0.1, 0.15) is 45.1 Å². The standard InChI is InChI=1S/C15H21BrO2/c1-4-12(9-15(17)18-10-11(2)3)13-7-5-6-8-14(13)16/h5-8,11-12H,4,9-10H2,1-3H3. The number of rotatable bonds is 6. The van der Waals surface area contributed by atoms with Crippen LogP contribution in [0.2, 0.25) is 0 Å². The lowest BCUT2D eigenvalue weighted by Gasteiger charge is -2.16. The van der Waals surface area contributed by atoms with Crippen LogP contribution in [0.15, 0.2) is 28.7 Å². The van der Waals surface area contributed by atoms with Crippen molar-refractivity contribution in [2.75, 3.05) is 6.61 Å². The van der Waals surface area contributed by atoms with Crippen LogP contribution in [0.4, 0.5) is 0 Å². The average Bonchev–Trinajstić information content (AvgIpc) is 2.34. The number of ether oxygens (including phenoxy) is 1. The minimum Gasteiger partial charge on any atom is -0.465 e. The molecule has 0 aliphatic rings. The lowest BCUT2D eigenvalue weighted by molar-refractivity contribution is -0.145. The Morgan fingerprint density at radius 3 is 2.56 bits per heavy atom. The van der Waals surface area contributed by atoms with Crippen molar-refractivity contribution in [3.8, 4) is 0 Å². The van der Waals surface area contributed by atoms with Crippen molar-refractivity contribution in [2.24, 2.45) is 5.92 Å². The molecule has 0 aromatic heterocycles. The molecule has 0 spiro atoms. The van der Waals surface area contributed by atoms with E-state index in [1.165, 1.54) is 5.56 Å². The largest absolute Gasteiger partial charge is 0.465 e. The van der Waals surface area contributed by atoms with Crippen LogP contribution in [0.3, 0.4) is 0 Å². The van der Waals surface area contributed by atoms with Gasteiger partial charge in [0.1, 0.15) is 0 Å². The van der Waals surface area contributed by atoms with Gasteiger partial charge in [0.2, 0.25) is 0 Å². The molecule has 100 valence electrons. The van der Waals surface area contributed by atoms with Crippen molar-refractivity contribution in [3.05, 3.63) is 34.3 Å². The number of hydrogen-bond donors (Lipinski definition) is 0. The van der Waals surface area contributed by atoms with Gasteiger partial charge in [-0.1, -0.05) is 54.9 Å². The fraction of sp³-hybridized carbons (Fsp3) is 0.533. The van der Waals surface area contributed by atoms with Gasteiger partial charge in [-0.2, -0.15) is 0 Å². The van der Waals surface area contributed by atoms with Crippen molar-refractivity contribution in [2.45, 2.75) is 39.5 Å². The lowest BCUT2D eigenvalue weighted by Crippen LogP contribution is -2.13. The van der Waals surface area contributed by atoms with Gasteiger partial charge in [-0.15, -0.1) is 0 Å². The molecule has 2 nitrogen and oxygen atoms in total. The van der Waals surface area contributed by atoms with E-state index in [2.05, 4.69) is 28.9 Å². The number of esters is 1. The molecule has 1 aromatic rings. The zero-order chi connectivity index (χ0) is 13.5. The van der Waals surface area contributed by atoms with Gasteiger partial charge in [0.05, 0.1) is 13.0 Å². The summed E-state index contributed by atoms with van der Waals surface area (Å²) in [6.45, 7) is 6.68. The Hall–Kier alpha value is -0.830. The summed E-state index contributed by atoms with van der Waals surface area (Å²) in [4.78, 5) is 11.8. The van der Waals surface area contributed by atoms with E-state index in [9.17, 15) is 4.79 Å². The Morgan fingerprint density at radius 1 is 1.33 bits per heavy atom. The third kappa shape index (κ3) is 4.81. The van der Waals surface area contributed by atoms with E-state index in [4.69, 9.17) is 4.74 Å². The molecule has 0 amide bonds. The van der Waals surface area contributed by atoms with Crippen LogP contribution in [-0.4, -0.2) is 12.6 Å². The zero-order valence-corrected chi connectivity index (χ0v) is 12.9. The Labute approximate surface area is 118 Å². The van der Waals surface area contributed by atoms with Gasteiger partial charge in [0.25, 0.3) is 0 Å². The molecule has 1 unspecified atom stereocenters. The van der Waals surface area contributed by atoms with E-state index >= 15 is 0 Å². The summed E-state index contributed by atoms with van der Waals surface area (Å²) < 4.78 is 6.31. The SMILES string of the molecule is CCC(CC(=O)OCC(C)C)c1ccccc1Br. The first-order chi connectivity index (χ1) is 8.54. The second-order valence-corrected chi connectivity index (χ2v) is 5.76. The predicted octanol–water partition coefficient (Wildman–Crippen LogP) is 4.53. The molecule has 3 heteroatoms. The molecule has 0 radical (unpaired) electrons. The zero-order valence-electron chi connectivity index (χ0n) is 11.3. The monoisotopic (exact) mass is 312 g/mol. The maximum absolute atomic E-state index is 11.8. The van der Waals surface area contributed by atoms with Crippen LogP contribution >= 0.6 is 15.9 Å².